The van der Waals surface area contributed by atoms with Gasteiger partial charge in [-0.1, -0.05) is 12.1 Å². The van der Waals surface area contributed by atoms with Crippen molar-refractivity contribution in [2.45, 2.75) is 12.5 Å². The van der Waals surface area contributed by atoms with Gasteiger partial charge in [-0.2, -0.15) is 0 Å². The summed E-state index contributed by atoms with van der Waals surface area (Å²) in [5, 5.41) is 2.79. The van der Waals surface area contributed by atoms with Crippen LogP contribution in [0.3, 0.4) is 0 Å². The van der Waals surface area contributed by atoms with E-state index in [0.717, 1.165) is 0 Å². The Balaban J connectivity index is 1.84. The summed E-state index contributed by atoms with van der Waals surface area (Å²) in [6, 6.07) is 9.74. The predicted octanol–water partition coefficient (Wildman–Crippen LogP) is 1.20. The number of amides is 2. The van der Waals surface area contributed by atoms with Gasteiger partial charge < -0.3 is 20.5 Å². The molecular formula is C17H17N3O4. The molecule has 0 fully saturated rings. The first-order valence-electron chi connectivity index (χ1n) is 7.53. The quantitative estimate of drug-likeness (QED) is 0.859. The smallest absolute Gasteiger partial charge is 0.270 e. The molecule has 1 aliphatic rings. The molecule has 1 aromatic carbocycles. The Morgan fingerprint density at radius 3 is 2.67 bits per heavy atom. The number of primary amides is 1. The number of nitrogens with one attached hydrogen (secondary N) is 1. The first-order chi connectivity index (χ1) is 11.6. The molecule has 0 aliphatic carbocycles. The Hall–Kier alpha value is -3.09. The molecule has 0 bridgehead atoms. The van der Waals surface area contributed by atoms with Gasteiger partial charge in [-0.15, -0.1) is 0 Å². The Bertz CT molecular complexity index is 749. The highest BCUT2D eigenvalue weighted by molar-refractivity contribution is 5.92. The van der Waals surface area contributed by atoms with Gasteiger partial charge in [0.2, 0.25) is 5.91 Å². The number of hydrogen-bond acceptors (Lipinski definition) is 5. The molecule has 3 N–H and O–H groups in total. The van der Waals surface area contributed by atoms with E-state index >= 15 is 0 Å². The second kappa shape index (κ2) is 6.99. The molecule has 0 saturated carbocycles. The van der Waals surface area contributed by atoms with Crippen LogP contribution in [0, 0.1) is 0 Å². The van der Waals surface area contributed by atoms with Gasteiger partial charge in [-0.05, 0) is 29.8 Å². The number of hydrogen-bond donors (Lipinski definition) is 2. The van der Waals surface area contributed by atoms with Gasteiger partial charge in [0.25, 0.3) is 5.91 Å². The average molecular weight is 327 g/mol. The molecule has 0 radical (unpaired) electrons. The minimum absolute atomic E-state index is 0.0295. The molecule has 0 saturated heterocycles. The van der Waals surface area contributed by atoms with Gasteiger partial charge in [0.1, 0.15) is 18.9 Å². The van der Waals surface area contributed by atoms with Crippen molar-refractivity contribution < 1.29 is 19.1 Å². The number of rotatable bonds is 5. The maximum absolute atomic E-state index is 12.3. The van der Waals surface area contributed by atoms with Crippen molar-refractivity contribution in [1.29, 1.82) is 0 Å². The van der Waals surface area contributed by atoms with Gasteiger partial charge >= 0.3 is 0 Å². The lowest BCUT2D eigenvalue weighted by molar-refractivity contribution is -0.118. The predicted molar refractivity (Wildman–Crippen MR) is 85.7 cm³/mol. The van der Waals surface area contributed by atoms with E-state index in [1.54, 1.807) is 36.4 Å². The Kier molecular flexibility index (Phi) is 4.60. The van der Waals surface area contributed by atoms with Crippen LogP contribution in [0.25, 0.3) is 0 Å². The maximum Gasteiger partial charge on any atom is 0.270 e. The topological polar surface area (TPSA) is 104 Å². The molecule has 124 valence electrons. The van der Waals surface area contributed by atoms with E-state index in [-0.39, 0.29) is 18.0 Å². The molecule has 1 atom stereocenters. The van der Waals surface area contributed by atoms with E-state index in [1.807, 2.05) is 0 Å². The van der Waals surface area contributed by atoms with Crippen LogP contribution in [0.2, 0.25) is 0 Å². The van der Waals surface area contributed by atoms with Crippen molar-refractivity contribution in [3.05, 3.63) is 53.9 Å². The van der Waals surface area contributed by atoms with Crippen molar-refractivity contribution in [3.63, 3.8) is 0 Å². The van der Waals surface area contributed by atoms with Gasteiger partial charge in [-0.3, -0.25) is 14.6 Å². The van der Waals surface area contributed by atoms with Crippen LogP contribution in [0.4, 0.5) is 0 Å². The van der Waals surface area contributed by atoms with E-state index in [0.29, 0.717) is 30.3 Å². The zero-order chi connectivity index (χ0) is 16.9. The fourth-order valence-electron chi connectivity index (χ4n) is 2.46. The minimum Gasteiger partial charge on any atom is -0.486 e. The van der Waals surface area contributed by atoms with Gasteiger partial charge in [0, 0.05) is 6.20 Å². The summed E-state index contributed by atoms with van der Waals surface area (Å²) < 4.78 is 11.0. The van der Waals surface area contributed by atoms with Gasteiger partial charge in [0.15, 0.2) is 11.5 Å². The summed E-state index contributed by atoms with van der Waals surface area (Å²) in [4.78, 5) is 27.7. The SMILES string of the molecule is NC(=O)CC(NC(=O)c1ccccn1)c1ccc2c(c1)OCCO2. The summed E-state index contributed by atoms with van der Waals surface area (Å²) in [6.45, 7) is 0.949. The Morgan fingerprint density at radius 1 is 1.17 bits per heavy atom. The first-order valence-corrected chi connectivity index (χ1v) is 7.53. The van der Waals surface area contributed by atoms with Crippen molar-refractivity contribution in [3.8, 4) is 11.5 Å². The average Bonchev–Trinajstić information content (AvgIpc) is 2.61. The largest absolute Gasteiger partial charge is 0.486 e. The molecule has 2 amide bonds. The maximum atomic E-state index is 12.3. The number of benzene rings is 1. The van der Waals surface area contributed by atoms with Crippen molar-refractivity contribution in [2.75, 3.05) is 13.2 Å². The summed E-state index contributed by atoms with van der Waals surface area (Å²) >= 11 is 0. The monoisotopic (exact) mass is 327 g/mol. The standard InChI is InChI=1S/C17H17N3O4/c18-16(21)10-13(20-17(22)12-3-1-2-6-19-12)11-4-5-14-15(9-11)24-8-7-23-14/h1-6,9,13H,7-8,10H2,(H2,18,21)(H,20,22). The third-order valence-electron chi connectivity index (χ3n) is 3.58. The fraction of sp³-hybridized carbons (Fsp3) is 0.235. The number of ether oxygens (including phenoxy) is 2. The first kappa shape index (κ1) is 15.8. The van der Waals surface area contributed by atoms with Crippen LogP contribution >= 0.6 is 0 Å². The lowest BCUT2D eigenvalue weighted by Crippen LogP contribution is -2.32. The lowest BCUT2D eigenvalue weighted by Gasteiger charge is -2.22. The normalized spacial score (nSPS) is 13.8. The molecule has 1 aromatic heterocycles. The van der Waals surface area contributed by atoms with Crippen molar-refractivity contribution >= 4 is 11.8 Å². The number of fused-ring (bicyclic) bond motifs is 1. The van der Waals surface area contributed by atoms with Gasteiger partial charge in [-0.25, -0.2) is 0 Å². The van der Waals surface area contributed by atoms with Crippen molar-refractivity contribution in [2.24, 2.45) is 5.73 Å². The summed E-state index contributed by atoms with van der Waals surface area (Å²) in [6.07, 6.45) is 1.50. The second-order valence-corrected chi connectivity index (χ2v) is 5.31. The number of pyridine rings is 1. The molecule has 1 aliphatic heterocycles. The summed E-state index contributed by atoms with van der Waals surface area (Å²) in [7, 11) is 0. The van der Waals surface area contributed by atoms with Crippen LogP contribution in [0.1, 0.15) is 28.5 Å². The molecule has 7 heteroatoms. The lowest BCUT2D eigenvalue weighted by atomic mass is 10.0. The number of nitrogens with zero attached hydrogens (tertiary/aromatic N) is 1. The van der Waals surface area contributed by atoms with E-state index in [4.69, 9.17) is 15.2 Å². The molecule has 2 aromatic rings. The van der Waals surface area contributed by atoms with E-state index in [9.17, 15) is 9.59 Å². The van der Waals surface area contributed by atoms with E-state index in [1.165, 1.54) is 6.20 Å². The number of aromatic nitrogens is 1. The van der Waals surface area contributed by atoms with Crippen LogP contribution < -0.4 is 20.5 Å². The highest BCUT2D eigenvalue weighted by Crippen LogP contribution is 2.33. The summed E-state index contributed by atoms with van der Waals surface area (Å²) in [5.41, 5.74) is 6.30. The summed E-state index contributed by atoms with van der Waals surface area (Å²) in [5.74, 6) is 0.326. The minimum atomic E-state index is -0.576. The van der Waals surface area contributed by atoms with Gasteiger partial charge in [0.05, 0.1) is 12.5 Å². The third kappa shape index (κ3) is 3.62. The second-order valence-electron chi connectivity index (χ2n) is 5.31. The Morgan fingerprint density at radius 2 is 1.96 bits per heavy atom. The van der Waals surface area contributed by atoms with Crippen LogP contribution in [0.5, 0.6) is 11.5 Å². The third-order valence-corrected chi connectivity index (χ3v) is 3.58. The molecular weight excluding hydrogens is 310 g/mol. The molecule has 1 unspecified atom stereocenters. The van der Waals surface area contributed by atoms with Crippen LogP contribution in [0.15, 0.2) is 42.6 Å². The highest BCUT2D eigenvalue weighted by Gasteiger charge is 2.21. The number of carbonyl (C=O) groups is 2. The zero-order valence-electron chi connectivity index (χ0n) is 12.9. The molecule has 24 heavy (non-hydrogen) atoms. The number of nitrogens with two attached hydrogens (primary N) is 1. The molecule has 7 nitrogen and oxygen atoms in total. The number of carbonyl (C=O) groups excluding carboxylic acids is 2. The molecule has 2 heterocycles. The zero-order valence-corrected chi connectivity index (χ0v) is 12.9. The van der Waals surface area contributed by atoms with Crippen LogP contribution in [-0.4, -0.2) is 30.0 Å². The Labute approximate surface area is 138 Å². The molecule has 0 spiro atoms. The highest BCUT2D eigenvalue weighted by atomic mass is 16.6. The van der Waals surface area contributed by atoms with E-state index < -0.39 is 11.9 Å². The molecule has 3 rings (SSSR count). The van der Waals surface area contributed by atoms with E-state index in [2.05, 4.69) is 10.3 Å². The van der Waals surface area contributed by atoms with Crippen LogP contribution in [-0.2, 0) is 4.79 Å². The fourth-order valence-corrected chi connectivity index (χ4v) is 2.46. The van der Waals surface area contributed by atoms with Crippen molar-refractivity contribution in [1.82, 2.24) is 10.3 Å².